The Bertz CT molecular complexity index is 518. The van der Waals surface area contributed by atoms with Gasteiger partial charge in [-0.05, 0) is 36.5 Å². The molecule has 1 aromatic rings. The summed E-state index contributed by atoms with van der Waals surface area (Å²) in [6.07, 6.45) is 2.38. The fourth-order valence-corrected chi connectivity index (χ4v) is 2.52. The van der Waals surface area contributed by atoms with Crippen LogP contribution >= 0.6 is 0 Å². The number of benzene rings is 1. The van der Waals surface area contributed by atoms with Crippen LogP contribution in [0.2, 0.25) is 0 Å². The molecule has 0 radical (unpaired) electrons. The number of hydrogen-bond acceptors (Lipinski definition) is 3. The second kappa shape index (κ2) is 6.68. The summed E-state index contributed by atoms with van der Waals surface area (Å²) in [5, 5.41) is 8.72. The summed E-state index contributed by atoms with van der Waals surface area (Å²) in [6, 6.07) is 5.94. The van der Waals surface area contributed by atoms with Gasteiger partial charge >= 0.3 is 5.97 Å². The van der Waals surface area contributed by atoms with Gasteiger partial charge in [-0.15, -0.1) is 0 Å². The van der Waals surface area contributed by atoms with Gasteiger partial charge in [0.15, 0.2) is 0 Å². The Balaban J connectivity index is 2.88. The Morgan fingerprint density at radius 1 is 1.21 bits per heavy atom. The maximum Gasteiger partial charge on any atom is 0.303 e. The highest BCUT2D eigenvalue weighted by atomic mass is 32.2. The summed E-state index contributed by atoms with van der Waals surface area (Å²) in [7, 11) is -4.18. The van der Waals surface area contributed by atoms with Crippen molar-refractivity contribution in [3.63, 3.8) is 0 Å². The minimum atomic E-state index is -4.18. The molecular weight excluding hydrogens is 268 g/mol. The van der Waals surface area contributed by atoms with Crippen LogP contribution in [0.15, 0.2) is 29.2 Å². The molecule has 1 unspecified atom stereocenters. The number of carboxylic acids is 1. The van der Waals surface area contributed by atoms with Crippen molar-refractivity contribution in [3.05, 3.63) is 29.8 Å². The molecule has 0 amide bonds. The molecule has 5 nitrogen and oxygen atoms in total. The summed E-state index contributed by atoms with van der Waals surface area (Å²) in [5.41, 5.74) is 0.899. The molecule has 2 N–H and O–H groups in total. The van der Waals surface area contributed by atoms with E-state index in [1.54, 1.807) is 12.1 Å². The van der Waals surface area contributed by atoms with E-state index in [1.165, 1.54) is 12.1 Å². The van der Waals surface area contributed by atoms with Crippen molar-refractivity contribution in [2.24, 2.45) is 0 Å². The molecule has 0 spiro atoms. The third-order valence-corrected chi connectivity index (χ3v) is 3.86. The predicted molar refractivity (Wildman–Crippen MR) is 70.8 cm³/mol. The molecule has 0 saturated carbocycles. The van der Waals surface area contributed by atoms with Gasteiger partial charge in [-0.25, -0.2) is 0 Å². The highest BCUT2D eigenvalue weighted by Gasteiger charge is 2.14. The molecular formula is C13H18O5S. The first-order chi connectivity index (χ1) is 8.84. The lowest BCUT2D eigenvalue weighted by Crippen LogP contribution is -2.04. The van der Waals surface area contributed by atoms with Crippen LogP contribution in [0.1, 0.15) is 44.1 Å². The molecule has 0 saturated heterocycles. The van der Waals surface area contributed by atoms with Crippen LogP contribution in [0.25, 0.3) is 0 Å². The topological polar surface area (TPSA) is 91.7 Å². The van der Waals surface area contributed by atoms with Gasteiger partial charge in [-0.1, -0.05) is 25.5 Å². The van der Waals surface area contributed by atoms with Crippen LogP contribution in [0.4, 0.5) is 0 Å². The van der Waals surface area contributed by atoms with E-state index >= 15 is 0 Å². The van der Waals surface area contributed by atoms with Crippen LogP contribution in [0.3, 0.4) is 0 Å². The van der Waals surface area contributed by atoms with E-state index in [0.29, 0.717) is 6.42 Å². The highest BCUT2D eigenvalue weighted by molar-refractivity contribution is 7.85. The predicted octanol–water partition coefficient (Wildman–Crippen LogP) is 2.68. The molecule has 1 rings (SSSR count). The number of carbonyl (C=O) groups is 1. The van der Waals surface area contributed by atoms with Gasteiger partial charge in [0, 0.05) is 6.42 Å². The molecule has 1 atom stereocenters. The van der Waals surface area contributed by atoms with Crippen molar-refractivity contribution in [2.45, 2.75) is 43.4 Å². The average Bonchev–Trinajstić information content (AvgIpc) is 2.33. The number of hydrogen-bond donors (Lipinski definition) is 2. The Morgan fingerprint density at radius 3 is 2.21 bits per heavy atom. The third kappa shape index (κ3) is 5.00. The van der Waals surface area contributed by atoms with E-state index in [-0.39, 0.29) is 17.2 Å². The van der Waals surface area contributed by atoms with Crippen LogP contribution in [-0.4, -0.2) is 24.0 Å². The smallest absolute Gasteiger partial charge is 0.303 e. The van der Waals surface area contributed by atoms with Crippen molar-refractivity contribution in [2.75, 3.05) is 0 Å². The van der Waals surface area contributed by atoms with Crippen molar-refractivity contribution < 1.29 is 22.9 Å². The molecule has 6 heteroatoms. The third-order valence-electron chi connectivity index (χ3n) is 2.99. The minimum absolute atomic E-state index is 0.0880. The first-order valence-corrected chi connectivity index (χ1v) is 7.58. The highest BCUT2D eigenvalue weighted by Crippen LogP contribution is 2.27. The van der Waals surface area contributed by atoms with E-state index in [9.17, 15) is 13.2 Å². The zero-order valence-corrected chi connectivity index (χ0v) is 11.6. The van der Waals surface area contributed by atoms with Crippen molar-refractivity contribution in [1.82, 2.24) is 0 Å². The second-order valence-electron chi connectivity index (χ2n) is 4.46. The molecule has 1 aromatic carbocycles. The van der Waals surface area contributed by atoms with Crippen molar-refractivity contribution in [3.8, 4) is 0 Å². The summed E-state index contributed by atoms with van der Waals surface area (Å²) < 4.78 is 30.8. The average molecular weight is 286 g/mol. The first kappa shape index (κ1) is 15.7. The number of rotatable bonds is 7. The van der Waals surface area contributed by atoms with Crippen LogP contribution in [-0.2, 0) is 14.9 Å². The van der Waals surface area contributed by atoms with Crippen molar-refractivity contribution in [1.29, 1.82) is 0 Å². The number of carboxylic acid groups (broad SMARTS) is 1. The fourth-order valence-electron chi connectivity index (χ4n) is 2.04. The molecule has 0 aliphatic rings. The zero-order valence-electron chi connectivity index (χ0n) is 10.7. The lowest BCUT2D eigenvalue weighted by Gasteiger charge is -2.15. The van der Waals surface area contributed by atoms with Gasteiger partial charge in [0.1, 0.15) is 0 Å². The van der Waals surface area contributed by atoms with Gasteiger partial charge in [-0.2, -0.15) is 8.42 Å². The Kier molecular flexibility index (Phi) is 5.50. The van der Waals surface area contributed by atoms with E-state index < -0.39 is 16.1 Å². The molecule has 106 valence electrons. The van der Waals surface area contributed by atoms with E-state index in [1.807, 2.05) is 6.92 Å². The standard InChI is InChI=1S/C13H18O5S/c1-2-3-10(6-9-13(14)15)11-4-7-12(8-5-11)19(16,17)18/h4-5,7-8,10H,2-3,6,9H2,1H3,(H,14,15)(H,16,17,18). The van der Waals surface area contributed by atoms with Crippen LogP contribution in [0.5, 0.6) is 0 Å². The minimum Gasteiger partial charge on any atom is -0.481 e. The first-order valence-electron chi connectivity index (χ1n) is 6.13. The monoisotopic (exact) mass is 286 g/mol. The molecule has 0 bridgehead atoms. The maximum atomic E-state index is 10.9. The lowest BCUT2D eigenvalue weighted by molar-refractivity contribution is -0.137. The van der Waals surface area contributed by atoms with Gasteiger partial charge in [0.05, 0.1) is 4.90 Å². The van der Waals surface area contributed by atoms with Crippen molar-refractivity contribution >= 4 is 16.1 Å². The zero-order chi connectivity index (χ0) is 14.5. The summed E-state index contributed by atoms with van der Waals surface area (Å²) in [5.74, 6) is -0.743. The number of aliphatic carboxylic acids is 1. The fraction of sp³-hybridized carbons (Fsp3) is 0.462. The molecule has 19 heavy (non-hydrogen) atoms. The quantitative estimate of drug-likeness (QED) is 0.752. The Morgan fingerprint density at radius 2 is 1.79 bits per heavy atom. The Labute approximate surface area is 113 Å². The van der Waals surface area contributed by atoms with Gasteiger partial charge in [0.2, 0.25) is 0 Å². The van der Waals surface area contributed by atoms with Crippen LogP contribution < -0.4 is 0 Å². The molecule has 0 aromatic heterocycles. The maximum absolute atomic E-state index is 10.9. The van der Waals surface area contributed by atoms with E-state index in [4.69, 9.17) is 9.66 Å². The van der Waals surface area contributed by atoms with E-state index in [0.717, 1.165) is 18.4 Å². The normalized spacial score (nSPS) is 13.2. The van der Waals surface area contributed by atoms with Crippen LogP contribution in [0, 0.1) is 0 Å². The summed E-state index contributed by atoms with van der Waals surface area (Å²) in [6.45, 7) is 2.01. The Hall–Kier alpha value is -1.40. The molecule has 0 heterocycles. The molecule has 0 aliphatic carbocycles. The SMILES string of the molecule is CCCC(CCC(=O)O)c1ccc(S(=O)(=O)O)cc1. The summed E-state index contributed by atoms with van der Waals surface area (Å²) in [4.78, 5) is 10.5. The van der Waals surface area contributed by atoms with Gasteiger partial charge < -0.3 is 5.11 Å². The van der Waals surface area contributed by atoms with Gasteiger partial charge in [0.25, 0.3) is 10.1 Å². The van der Waals surface area contributed by atoms with E-state index in [2.05, 4.69) is 0 Å². The summed E-state index contributed by atoms with van der Waals surface area (Å²) >= 11 is 0. The van der Waals surface area contributed by atoms with Gasteiger partial charge in [-0.3, -0.25) is 9.35 Å². The molecule has 0 aliphatic heterocycles. The largest absolute Gasteiger partial charge is 0.481 e. The second-order valence-corrected chi connectivity index (χ2v) is 5.88. The lowest BCUT2D eigenvalue weighted by atomic mass is 9.90. The molecule has 0 fully saturated rings.